The van der Waals surface area contributed by atoms with Crippen LogP contribution >= 0.6 is 15.9 Å². The lowest BCUT2D eigenvalue weighted by Gasteiger charge is -2.13. The molecule has 2 heterocycles. The second-order valence-corrected chi connectivity index (χ2v) is 5.47. The molecule has 0 saturated carbocycles. The Morgan fingerprint density at radius 3 is 2.86 bits per heavy atom. The fourth-order valence-electron chi connectivity index (χ4n) is 2.21. The number of benzene rings is 1. The first-order valence-corrected chi connectivity index (χ1v) is 7.73. The van der Waals surface area contributed by atoms with Gasteiger partial charge in [-0.25, -0.2) is 4.98 Å². The lowest BCUT2D eigenvalue weighted by molar-refractivity contribution is 0.296. The van der Waals surface area contributed by atoms with Gasteiger partial charge in [-0.1, -0.05) is 0 Å². The van der Waals surface area contributed by atoms with Crippen LogP contribution in [0.5, 0.6) is 11.5 Å². The van der Waals surface area contributed by atoms with Crippen LogP contribution < -0.4 is 14.8 Å². The lowest BCUT2D eigenvalue weighted by atomic mass is 10.1. The van der Waals surface area contributed by atoms with Crippen LogP contribution in [0.15, 0.2) is 29.0 Å². The standard InChI is InChI=1S/C15H16BrN3O2/c1-2-17-15-13(18-4-5-19-15)10-8-11(16)14-12(9-10)20-6-3-7-21-14/h4-5,8-9H,2-3,6-7H2,1H3,(H,17,19). The normalized spacial score (nSPS) is 13.6. The first-order chi connectivity index (χ1) is 10.3. The number of halogens is 1. The van der Waals surface area contributed by atoms with Gasteiger partial charge in [0.25, 0.3) is 0 Å². The third-order valence-electron chi connectivity index (χ3n) is 3.12. The van der Waals surface area contributed by atoms with E-state index in [1.165, 1.54) is 0 Å². The van der Waals surface area contributed by atoms with Crippen LogP contribution in [0.2, 0.25) is 0 Å². The van der Waals surface area contributed by atoms with E-state index < -0.39 is 0 Å². The quantitative estimate of drug-likeness (QED) is 0.918. The Morgan fingerprint density at radius 1 is 1.19 bits per heavy atom. The van der Waals surface area contributed by atoms with Crippen molar-refractivity contribution in [3.63, 3.8) is 0 Å². The van der Waals surface area contributed by atoms with E-state index in [-0.39, 0.29) is 0 Å². The number of hydrogen-bond acceptors (Lipinski definition) is 5. The van der Waals surface area contributed by atoms with Crippen molar-refractivity contribution in [2.24, 2.45) is 0 Å². The predicted octanol–water partition coefficient (Wildman–Crippen LogP) is 3.50. The maximum Gasteiger partial charge on any atom is 0.175 e. The smallest absolute Gasteiger partial charge is 0.175 e. The van der Waals surface area contributed by atoms with Crippen molar-refractivity contribution in [2.75, 3.05) is 25.1 Å². The highest BCUT2D eigenvalue weighted by molar-refractivity contribution is 9.10. The van der Waals surface area contributed by atoms with E-state index in [0.29, 0.717) is 13.2 Å². The Balaban J connectivity index is 2.07. The van der Waals surface area contributed by atoms with Gasteiger partial charge in [0.05, 0.1) is 17.7 Å². The zero-order chi connectivity index (χ0) is 14.7. The molecule has 6 heteroatoms. The molecule has 0 bridgehead atoms. The molecule has 0 aliphatic carbocycles. The molecule has 110 valence electrons. The average Bonchev–Trinajstić information content (AvgIpc) is 2.74. The van der Waals surface area contributed by atoms with Crippen molar-refractivity contribution in [3.05, 3.63) is 29.0 Å². The second kappa shape index (κ2) is 6.30. The number of fused-ring (bicyclic) bond motifs is 1. The summed E-state index contributed by atoms with van der Waals surface area (Å²) in [7, 11) is 0. The summed E-state index contributed by atoms with van der Waals surface area (Å²) in [5.74, 6) is 2.26. The Bertz CT molecular complexity index is 649. The summed E-state index contributed by atoms with van der Waals surface area (Å²) >= 11 is 3.55. The molecule has 0 unspecified atom stereocenters. The van der Waals surface area contributed by atoms with Crippen LogP contribution in [0.25, 0.3) is 11.3 Å². The van der Waals surface area contributed by atoms with Gasteiger partial charge in [0, 0.05) is 30.9 Å². The molecule has 2 aromatic rings. The molecule has 1 aromatic heterocycles. The fourth-order valence-corrected chi connectivity index (χ4v) is 2.77. The zero-order valence-electron chi connectivity index (χ0n) is 11.7. The minimum absolute atomic E-state index is 0.656. The van der Waals surface area contributed by atoms with Crippen molar-refractivity contribution in [2.45, 2.75) is 13.3 Å². The molecule has 1 aliphatic rings. The highest BCUT2D eigenvalue weighted by atomic mass is 79.9. The second-order valence-electron chi connectivity index (χ2n) is 4.62. The van der Waals surface area contributed by atoms with Crippen molar-refractivity contribution in [3.8, 4) is 22.8 Å². The average molecular weight is 350 g/mol. The van der Waals surface area contributed by atoms with Gasteiger partial charge in [-0.05, 0) is 35.0 Å². The number of anilines is 1. The molecular formula is C15H16BrN3O2. The number of nitrogens with one attached hydrogen (secondary N) is 1. The first-order valence-electron chi connectivity index (χ1n) is 6.94. The van der Waals surface area contributed by atoms with Crippen LogP contribution in [0.3, 0.4) is 0 Å². The summed E-state index contributed by atoms with van der Waals surface area (Å²) in [6, 6.07) is 3.94. The number of ether oxygens (including phenoxy) is 2. The highest BCUT2D eigenvalue weighted by Crippen LogP contribution is 2.41. The maximum absolute atomic E-state index is 5.77. The molecule has 1 aliphatic heterocycles. The SMILES string of the molecule is CCNc1nccnc1-c1cc(Br)c2c(c1)OCCCO2. The van der Waals surface area contributed by atoms with E-state index in [1.54, 1.807) is 12.4 Å². The number of nitrogens with zero attached hydrogens (tertiary/aromatic N) is 2. The molecule has 5 nitrogen and oxygen atoms in total. The van der Waals surface area contributed by atoms with E-state index in [4.69, 9.17) is 9.47 Å². The van der Waals surface area contributed by atoms with Gasteiger partial charge in [-0.3, -0.25) is 4.98 Å². The summed E-state index contributed by atoms with van der Waals surface area (Å²) in [4.78, 5) is 8.78. The minimum atomic E-state index is 0.656. The van der Waals surface area contributed by atoms with Crippen LogP contribution in [0.1, 0.15) is 13.3 Å². The molecule has 0 saturated heterocycles. The van der Waals surface area contributed by atoms with Gasteiger partial charge < -0.3 is 14.8 Å². The van der Waals surface area contributed by atoms with E-state index in [2.05, 4.69) is 31.2 Å². The van der Waals surface area contributed by atoms with Gasteiger partial charge in [-0.15, -0.1) is 0 Å². The third kappa shape index (κ3) is 2.95. The van der Waals surface area contributed by atoms with Crippen molar-refractivity contribution >= 4 is 21.7 Å². The Labute approximate surface area is 131 Å². The molecule has 1 aromatic carbocycles. The van der Waals surface area contributed by atoms with Gasteiger partial charge in [0.1, 0.15) is 5.69 Å². The highest BCUT2D eigenvalue weighted by Gasteiger charge is 2.18. The Morgan fingerprint density at radius 2 is 2.00 bits per heavy atom. The van der Waals surface area contributed by atoms with Crippen molar-refractivity contribution < 1.29 is 9.47 Å². The molecule has 0 radical (unpaired) electrons. The molecule has 0 spiro atoms. The van der Waals surface area contributed by atoms with E-state index in [9.17, 15) is 0 Å². The topological polar surface area (TPSA) is 56.3 Å². The number of hydrogen-bond donors (Lipinski definition) is 1. The molecule has 0 fully saturated rings. The van der Waals surface area contributed by atoms with Gasteiger partial charge in [-0.2, -0.15) is 0 Å². The molecule has 0 amide bonds. The summed E-state index contributed by atoms with van der Waals surface area (Å²) < 4.78 is 12.4. The largest absolute Gasteiger partial charge is 0.489 e. The summed E-state index contributed by atoms with van der Waals surface area (Å²) in [5.41, 5.74) is 1.74. The van der Waals surface area contributed by atoms with Gasteiger partial charge in [0.2, 0.25) is 0 Å². The molecule has 0 atom stereocenters. The molecule has 1 N–H and O–H groups in total. The third-order valence-corrected chi connectivity index (χ3v) is 3.71. The van der Waals surface area contributed by atoms with Crippen molar-refractivity contribution in [1.29, 1.82) is 0 Å². The van der Waals surface area contributed by atoms with Gasteiger partial charge >= 0.3 is 0 Å². The fraction of sp³-hybridized carbons (Fsp3) is 0.333. The van der Waals surface area contributed by atoms with Crippen LogP contribution in [-0.2, 0) is 0 Å². The predicted molar refractivity (Wildman–Crippen MR) is 84.9 cm³/mol. The van der Waals surface area contributed by atoms with Crippen LogP contribution in [-0.4, -0.2) is 29.7 Å². The van der Waals surface area contributed by atoms with Crippen molar-refractivity contribution in [1.82, 2.24) is 9.97 Å². The van der Waals surface area contributed by atoms with E-state index in [1.807, 2.05) is 19.1 Å². The zero-order valence-corrected chi connectivity index (χ0v) is 13.3. The molecular weight excluding hydrogens is 334 g/mol. The Kier molecular flexibility index (Phi) is 4.24. The summed E-state index contributed by atoms with van der Waals surface area (Å²) in [5, 5.41) is 3.23. The first kappa shape index (κ1) is 14.1. The van der Waals surface area contributed by atoms with Gasteiger partial charge in [0.15, 0.2) is 17.3 Å². The number of rotatable bonds is 3. The minimum Gasteiger partial charge on any atom is -0.489 e. The summed E-state index contributed by atoms with van der Waals surface area (Å²) in [6.45, 7) is 4.14. The molecule has 21 heavy (non-hydrogen) atoms. The van der Waals surface area contributed by atoms with Crippen LogP contribution in [0.4, 0.5) is 5.82 Å². The summed E-state index contributed by atoms with van der Waals surface area (Å²) in [6.07, 6.45) is 4.25. The van der Waals surface area contributed by atoms with E-state index >= 15 is 0 Å². The molecule has 3 rings (SSSR count). The van der Waals surface area contributed by atoms with Crippen LogP contribution in [0, 0.1) is 0 Å². The monoisotopic (exact) mass is 349 g/mol. The lowest BCUT2D eigenvalue weighted by Crippen LogP contribution is -2.03. The number of aromatic nitrogens is 2. The Hall–Kier alpha value is -1.82. The van der Waals surface area contributed by atoms with E-state index in [0.717, 1.165) is 46.0 Å². The maximum atomic E-state index is 5.77.